The van der Waals surface area contributed by atoms with Crippen LogP contribution in [0, 0.1) is 0 Å². The fourth-order valence-electron chi connectivity index (χ4n) is 1.82. The molecule has 1 nitrogen and oxygen atoms in total. The molecule has 0 bridgehead atoms. The maximum Gasteiger partial charge on any atom is 0.137 e. The Morgan fingerprint density at radius 2 is 1.83 bits per heavy atom. The predicted molar refractivity (Wildman–Crippen MR) is 76.7 cm³/mol. The quantitative estimate of drug-likeness (QED) is 0.726. The average molecular weight is 281 g/mol. The highest BCUT2D eigenvalue weighted by Crippen LogP contribution is 2.31. The topological polar surface area (TPSA) is 9.23 Å². The van der Waals surface area contributed by atoms with Crippen LogP contribution in [0.25, 0.3) is 0 Å². The molecule has 0 saturated heterocycles. The van der Waals surface area contributed by atoms with Crippen molar-refractivity contribution in [3.8, 4) is 5.75 Å². The number of benzene rings is 2. The number of halogens is 2. The Balaban J connectivity index is 2.14. The highest BCUT2D eigenvalue weighted by atomic mass is 35.5. The van der Waals surface area contributed by atoms with Crippen LogP contribution >= 0.6 is 23.2 Å². The van der Waals surface area contributed by atoms with Crippen molar-refractivity contribution >= 4 is 23.2 Å². The van der Waals surface area contributed by atoms with Gasteiger partial charge in [-0.3, -0.25) is 0 Å². The van der Waals surface area contributed by atoms with E-state index in [4.69, 9.17) is 27.9 Å². The van der Waals surface area contributed by atoms with E-state index in [1.165, 1.54) is 5.56 Å². The molecule has 0 aliphatic rings. The second kappa shape index (κ2) is 6.12. The Morgan fingerprint density at radius 3 is 2.44 bits per heavy atom. The predicted octanol–water partition coefficient (Wildman–Crippen LogP) is 4.87. The molecule has 0 radical (unpaired) electrons. The fraction of sp³-hybridized carbons (Fsp3) is 0.200. The zero-order chi connectivity index (χ0) is 13.0. The summed E-state index contributed by atoms with van der Waals surface area (Å²) in [6.45, 7) is 0. The van der Waals surface area contributed by atoms with Crippen molar-refractivity contribution in [2.45, 2.75) is 11.8 Å². The summed E-state index contributed by atoms with van der Waals surface area (Å²) in [5.74, 6) is 0.670. The minimum Gasteiger partial charge on any atom is -0.495 e. The van der Waals surface area contributed by atoms with Gasteiger partial charge < -0.3 is 4.74 Å². The van der Waals surface area contributed by atoms with Crippen LogP contribution in [0.1, 0.15) is 16.5 Å². The lowest BCUT2D eigenvalue weighted by atomic mass is 10.0. The van der Waals surface area contributed by atoms with Crippen molar-refractivity contribution in [2.75, 3.05) is 7.11 Å². The van der Waals surface area contributed by atoms with Crippen LogP contribution in [0.15, 0.2) is 48.5 Å². The number of methoxy groups -OCH3 is 1. The number of alkyl halides is 1. The second-order valence-corrected chi connectivity index (χ2v) is 4.99. The molecule has 1 unspecified atom stereocenters. The van der Waals surface area contributed by atoms with Gasteiger partial charge in [0.2, 0.25) is 0 Å². The highest BCUT2D eigenvalue weighted by Gasteiger charge is 2.11. The minimum absolute atomic E-state index is 0.0872. The molecular formula is C15H14Cl2O. The van der Waals surface area contributed by atoms with Gasteiger partial charge in [-0.2, -0.15) is 0 Å². The first-order valence-electron chi connectivity index (χ1n) is 5.72. The van der Waals surface area contributed by atoms with E-state index >= 15 is 0 Å². The van der Waals surface area contributed by atoms with E-state index < -0.39 is 0 Å². The Bertz CT molecular complexity index is 511. The van der Waals surface area contributed by atoms with Gasteiger partial charge >= 0.3 is 0 Å². The molecule has 2 rings (SSSR count). The maximum absolute atomic E-state index is 6.41. The average Bonchev–Trinajstić information content (AvgIpc) is 2.39. The van der Waals surface area contributed by atoms with Gasteiger partial charge in [-0.05, 0) is 29.7 Å². The highest BCUT2D eigenvalue weighted by molar-refractivity contribution is 6.32. The van der Waals surface area contributed by atoms with E-state index in [1.54, 1.807) is 7.11 Å². The van der Waals surface area contributed by atoms with E-state index in [0.29, 0.717) is 10.8 Å². The molecule has 94 valence electrons. The second-order valence-electron chi connectivity index (χ2n) is 4.05. The van der Waals surface area contributed by atoms with Gasteiger partial charge in [0.25, 0.3) is 0 Å². The molecular weight excluding hydrogens is 267 g/mol. The Hall–Kier alpha value is -1.18. The molecule has 0 aromatic heterocycles. The summed E-state index contributed by atoms with van der Waals surface area (Å²) >= 11 is 12.5. The molecule has 2 aromatic carbocycles. The van der Waals surface area contributed by atoms with Gasteiger partial charge in [-0.15, -0.1) is 11.6 Å². The maximum atomic E-state index is 6.41. The van der Waals surface area contributed by atoms with Gasteiger partial charge in [-0.1, -0.05) is 48.0 Å². The largest absolute Gasteiger partial charge is 0.495 e. The summed E-state index contributed by atoms with van der Waals surface area (Å²) in [7, 11) is 1.60. The zero-order valence-corrected chi connectivity index (χ0v) is 11.6. The van der Waals surface area contributed by atoms with Crippen LogP contribution in [0.4, 0.5) is 0 Å². The number of hydrogen-bond acceptors (Lipinski definition) is 1. The zero-order valence-electron chi connectivity index (χ0n) is 10.1. The van der Waals surface area contributed by atoms with Gasteiger partial charge in [0, 0.05) is 0 Å². The van der Waals surface area contributed by atoms with E-state index in [0.717, 1.165) is 12.0 Å². The van der Waals surface area contributed by atoms with Gasteiger partial charge in [0.1, 0.15) is 5.75 Å². The SMILES string of the molecule is COc1ccc(C(Cl)Cc2ccccc2)cc1Cl. The first-order chi connectivity index (χ1) is 8.70. The van der Waals surface area contributed by atoms with Gasteiger partial charge in [0.05, 0.1) is 17.5 Å². The number of rotatable bonds is 4. The Morgan fingerprint density at radius 1 is 1.11 bits per heavy atom. The van der Waals surface area contributed by atoms with E-state index in [-0.39, 0.29) is 5.38 Å². The van der Waals surface area contributed by atoms with Crippen LogP contribution in [-0.2, 0) is 6.42 Å². The van der Waals surface area contributed by atoms with Crippen molar-refractivity contribution in [3.05, 3.63) is 64.7 Å². The van der Waals surface area contributed by atoms with Crippen molar-refractivity contribution in [3.63, 3.8) is 0 Å². The normalized spacial score (nSPS) is 12.2. The summed E-state index contributed by atoms with van der Waals surface area (Å²) in [5.41, 5.74) is 2.22. The molecule has 0 aliphatic heterocycles. The van der Waals surface area contributed by atoms with Gasteiger partial charge in [-0.25, -0.2) is 0 Å². The fourth-order valence-corrected chi connectivity index (χ4v) is 2.40. The molecule has 2 aromatic rings. The smallest absolute Gasteiger partial charge is 0.137 e. The molecule has 0 heterocycles. The van der Waals surface area contributed by atoms with Crippen LogP contribution in [0.3, 0.4) is 0 Å². The molecule has 0 spiro atoms. The van der Waals surface area contributed by atoms with Crippen LogP contribution in [0.5, 0.6) is 5.75 Å². The Labute approximate surface area is 117 Å². The number of ether oxygens (including phenoxy) is 1. The standard InChI is InChI=1S/C15H14Cl2O/c1-18-15-8-7-12(10-14(15)17)13(16)9-11-5-3-2-4-6-11/h2-8,10,13H,9H2,1H3. The third-order valence-electron chi connectivity index (χ3n) is 2.80. The summed E-state index contributed by atoms with van der Waals surface area (Å²) < 4.78 is 5.12. The van der Waals surface area contributed by atoms with Crippen LogP contribution < -0.4 is 4.74 Å². The van der Waals surface area contributed by atoms with Crippen molar-refractivity contribution in [1.29, 1.82) is 0 Å². The molecule has 0 N–H and O–H groups in total. The molecule has 0 aliphatic carbocycles. The monoisotopic (exact) mass is 280 g/mol. The van der Waals surface area contributed by atoms with E-state index in [2.05, 4.69) is 12.1 Å². The molecule has 3 heteroatoms. The lowest BCUT2D eigenvalue weighted by Gasteiger charge is -2.12. The van der Waals surface area contributed by atoms with E-state index in [1.807, 2.05) is 36.4 Å². The molecule has 0 fully saturated rings. The summed E-state index contributed by atoms with van der Waals surface area (Å²) in [6.07, 6.45) is 0.783. The van der Waals surface area contributed by atoms with Crippen LogP contribution in [-0.4, -0.2) is 7.11 Å². The third-order valence-corrected chi connectivity index (χ3v) is 3.50. The summed E-state index contributed by atoms with van der Waals surface area (Å²) in [6, 6.07) is 15.8. The molecule has 0 amide bonds. The molecule has 1 atom stereocenters. The number of hydrogen-bond donors (Lipinski definition) is 0. The Kier molecular flexibility index (Phi) is 4.51. The lowest BCUT2D eigenvalue weighted by molar-refractivity contribution is 0.415. The molecule has 18 heavy (non-hydrogen) atoms. The lowest BCUT2D eigenvalue weighted by Crippen LogP contribution is -1.96. The van der Waals surface area contributed by atoms with Crippen molar-refractivity contribution in [1.82, 2.24) is 0 Å². The third kappa shape index (κ3) is 3.18. The van der Waals surface area contributed by atoms with Gasteiger partial charge in [0.15, 0.2) is 0 Å². The summed E-state index contributed by atoms with van der Waals surface area (Å²) in [5, 5.41) is 0.504. The minimum atomic E-state index is -0.0872. The van der Waals surface area contributed by atoms with Crippen molar-refractivity contribution < 1.29 is 4.74 Å². The summed E-state index contributed by atoms with van der Waals surface area (Å²) in [4.78, 5) is 0. The molecule has 0 saturated carbocycles. The van der Waals surface area contributed by atoms with Crippen LogP contribution in [0.2, 0.25) is 5.02 Å². The first-order valence-corrected chi connectivity index (χ1v) is 6.53. The first kappa shape index (κ1) is 13.3. The van der Waals surface area contributed by atoms with E-state index in [9.17, 15) is 0 Å². The van der Waals surface area contributed by atoms with Crippen molar-refractivity contribution in [2.24, 2.45) is 0 Å².